The van der Waals surface area contributed by atoms with E-state index >= 15 is 0 Å². The summed E-state index contributed by atoms with van der Waals surface area (Å²) < 4.78 is 6.50. The van der Waals surface area contributed by atoms with Gasteiger partial charge in [0.15, 0.2) is 0 Å². The minimum absolute atomic E-state index is 0.621. The average molecular weight is 245 g/mol. The summed E-state index contributed by atoms with van der Waals surface area (Å²) >= 11 is 0. The van der Waals surface area contributed by atoms with Gasteiger partial charge in [0.2, 0.25) is 18.1 Å². The van der Waals surface area contributed by atoms with Crippen molar-refractivity contribution in [3.63, 3.8) is 0 Å². The van der Waals surface area contributed by atoms with Crippen molar-refractivity contribution in [1.82, 2.24) is 0 Å². The van der Waals surface area contributed by atoms with Crippen molar-refractivity contribution in [2.45, 2.75) is 77.6 Å². The first-order chi connectivity index (χ1) is 6.77. The molecule has 0 aliphatic carbocycles. The molecule has 0 aliphatic heterocycles. The molecule has 2 radical (unpaired) electrons. The van der Waals surface area contributed by atoms with Crippen LogP contribution in [0.2, 0.25) is 22.2 Å². The summed E-state index contributed by atoms with van der Waals surface area (Å²) in [5.74, 6) is 0. The Hall–Kier alpha value is 0.394. The lowest BCUT2D eigenvalue weighted by Gasteiger charge is -2.31. The van der Waals surface area contributed by atoms with E-state index in [1.54, 1.807) is 0 Å². The lowest BCUT2D eigenvalue weighted by atomic mass is 10.5. The van der Waals surface area contributed by atoms with Crippen LogP contribution in [-0.4, -0.2) is 18.1 Å². The monoisotopic (exact) mass is 244 g/mol. The van der Waals surface area contributed by atoms with Crippen molar-refractivity contribution in [3.05, 3.63) is 0 Å². The van der Waals surface area contributed by atoms with Crippen LogP contribution in [0.5, 0.6) is 0 Å². The minimum atomic E-state index is -0.621. The summed E-state index contributed by atoms with van der Waals surface area (Å²) in [5, 5.41) is 0. The molecule has 0 unspecified atom stereocenters. The third-order valence-electron chi connectivity index (χ3n) is 2.51. The van der Waals surface area contributed by atoms with Gasteiger partial charge >= 0.3 is 0 Å². The highest BCUT2D eigenvalue weighted by Crippen LogP contribution is 2.28. The maximum Gasteiger partial charge on any atom is 0.203 e. The fraction of sp³-hybridized carbons (Fsp3) is 1.00. The van der Waals surface area contributed by atoms with Crippen molar-refractivity contribution >= 4 is 18.1 Å². The fourth-order valence-corrected chi connectivity index (χ4v) is 9.47. The Morgan fingerprint density at radius 1 is 0.533 bits per heavy atom. The van der Waals surface area contributed by atoms with Gasteiger partial charge in [-0.05, 0) is 22.2 Å². The summed E-state index contributed by atoms with van der Waals surface area (Å²) in [6.45, 7) is 18.5. The van der Waals surface area contributed by atoms with Gasteiger partial charge in [-0.2, -0.15) is 0 Å². The number of rotatable bonds is 6. The first-order valence-corrected chi connectivity index (χ1v) is 9.31. The maximum absolute atomic E-state index is 6.50. The van der Waals surface area contributed by atoms with Crippen LogP contribution in [0.1, 0.15) is 55.4 Å². The van der Waals surface area contributed by atoms with Gasteiger partial charge in [0.05, 0.1) is 0 Å². The summed E-state index contributed by atoms with van der Waals surface area (Å²) in [7, 11) is -1.24. The zero-order chi connectivity index (χ0) is 12.2. The SMILES string of the molecule is CC(C)[Si](O[Si](C(C)C)C(C)C)C(C)C. The smallest absolute Gasteiger partial charge is 0.203 e. The third-order valence-corrected chi connectivity index (χ3v) is 8.95. The molecule has 3 heteroatoms. The van der Waals surface area contributed by atoms with E-state index in [2.05, 4.69) is 55.4 Å². The lowest BCUT2D eigenvalue weighted by molar-refractivity contribution is 0.518. The van der Waals surface area contributed by atoms with Gasteiger partial charge in [-0.1, -0.05) is 55.4 Å². The topological polar surface area (TPSA) is 9.23 Å². The second-order valence-corrected chi connectivity index (χ2v) is 12.6. The Morgan fingerprint density at radius 2 is 0.733 bits per heavy atom. The highest BCUT2D eigenvalue weighted by Gasteiger charge is 2.30. The minimum Gasteiger partial charge on any atom is -0.455 e. The molecule has 0 bridgehead atoms. The summed E-state index contributed by atoms with van der Waals surface area (Å²) in [6, 6.07) is 0. The standard InChI is InChI=1S/C12H28OSi2/c1-9(2)14(10(3)4)13-15(11(5)6)12(7)8/h9-12H,1-8H3. The zero-order valence-corrected chi connectivity index (χ0v) is 13.7. The van der Waals surface area contributed by atoms with E-state index in [-0.39, 0.29) is 0 Å². The molecule has 0 aromatic rings. The van der Waals surface area contributed by atoms with Crippen molar-refractivity contribution < 1.29 is 4.12 Å². The van der Waals surface area contributed by atoms with E-state index in [1.807, 2.05) is 0 Å². The summed E-state index contributed by atoms with van der Waals surface area (Å²) in [6.07, 6.45) is 0. The molecule has 0 saturated heterocycles. The highest BCUT2D eigenvalue weighted by atomic mass is 28.4. The summed E-state index contributed by atoms with van der Waals surface area (Å²) in [4.78, 5) is 0. The second-order valence-electron chi connectivity index (χ2n) is 5.53. The molecule has 15 heavy (non-hydrogen) atoms. The average Bonchev–Trinajstić information content (AvgIpc) is 2.01. The largest absolute Gasteiger partial charge is 0.455 e. The lowest BCUT2D eigenvalue weighted by Crippen LogP contribution is -2.37. The number of hydrogen-bond donors (Lipinski definition) is 0. The normalized spacial score (nSPS) is 13.2. The molecule has 0 aromatic carbocycles. The van der Waals surface area contributed by atoms with Gasteiger partial charge < -0.3 is 4.12 Å². The Balaban J connectivity index is 4.48. The predicted molar refractivity (Wildman–Crippen MR) is 73.0 cm³/mol. The van der Waals surface area contributed by atoms with Crippen LogP contribution in [0.25, 0.3) is 0 Å². The van der Waals surface area contributed by atoms with E-state index in [1.165, 1.54) is 0 Å². The molecule has 0 atom stereocenters. The molecule has 0 rings (SSSR count). The molecule has 0 spiro atoms. The molecule has 0 aromatic heterocycles. The molecule has 0 fully saturated rings. The number of hydrogen-bond acceptors (Lipinski definition) is 1. The van der Waals surface area contributed by atoms with Crippen LogP contribution in [0.4, 0.5) is 0 Å². The zero-order valence-electron chi connectivity index (χ0n) is 11.7. The molecule has 90 valence electrons. The molecular weight excluding hydrogens is 216 g/mol. The first-order valence-electron chi connectivity index (χ1n) is 6.18. The quantitative estimate of drug-likeness (QED) is 0.619. The molecule has 0 N–H and O–H groups in total. The molecular formula is C12H28OSi2. The van der Waals surface area contributed by atoms with Gasteiger partial charge in [-0.3, -0.25) is 0 Å². The first kappa shape index (κ1) is 15.4. The van der Waals surface area contributed by atoms with Crippen LogP contribution in [-0.2, 0) is 4.12 Å². The Morgan fingerprint density at radius 3 is 0.867 bits per heavy atom. The fourth-order valence-electron chi connectivity index (χ4n) is 1.94. The van der Waals surface area contributed by atoms with Gasteiger partial charge in [-0.15, -0.1) is 0 Å². The molecule has 0 aliphatic rings. The Bertz CT molecular complexity index is 133. The molecule has 0 amide bonds. The Kier molecular flexibility index (Phi) is 7.05. The predicted octanol–water partition coefficient (Wildman–Crippen LogP) is 4.63. The van der Waals surface area contributed by atoms with E-state index in [0.29, 0.717) is 0 Å². The Labute approximate surface area is 100 Å². The van der Waals surface area contributed by atoms with Crippen LogP contribution in [0.3, 0.4) is 0 Å². The molecule has 0 heterocycles. The molecule has 1 nitrogen and oxygen atoms in total. The second kappa shape index (κ2) is 6.87. The van der Waals surface area contributed by atoms with Gasteiger partial charge in [0.25, 0.3) is 0 Å². The van der Waals surface area contributed by atoms with Crippen molar-refractivity contribution in [1.29, 1.82) is 0 Å². The van der Waals surface area contributed by atoms with Crippen molar-refractivity contribution in [2.24, 2.45) is 0 Å². The van der Waals surface area contributed by atoms with E-state index < -0.39 is 18.1 Å². The van der Waals surface area contributed by atoms with E-state index in [4.69, 9.17) is 4.12 Å². The van der Waals surface area contributed by atoms with Gasteiger partial charge in [0, 0.05) is 0 Å². The van der Waals surface area contributed by atoms with Crippen LogP contribution in [0.15, 0.2) is 0 Å². The maximum atomic E-state index is 6.50. The van der Waals surface area contributed by atoms with Crippen LogP contribution < -0.4 is 0 Å². The van der Waals surface area contributed by atoms with Crippen molar-refractivity contribution in [3.8, 4) is 0 Å². The van der Waals surface area contributed by atoms with Crippen LogP contribution in [0, 0.1) is 0 Å². The van der Waals surface area contributed by atoms with E-state index in [0.717, 1.165) is 22.2 Å². The highest BCUT2D eigenvalue weighted by molar-refractivity contribution is 6.69. The molecule has 0 saturated carbocycles. The van der Waals surface area contributed by atoms with E-state index in [9.17, 15) is 0 Å². The van der Waals surface area contributed by atoms with Gasteiger partial charge in [-0.25, -0.2) is 0 Å². The van der Waals surface area contributed by atoms with Crippen LogP contribution >= 0.6 is 0 Å². The summed E-state index contributed by atoms with van der Waals surface area (Å²) in [5.41, 5.74) is 2.92. The van der Waals surface area contributed by atoms with Crippen molar-refractivity contribution in [2.75, 3.05) is 0 Å². The third kappa shape index (κ3) is 5.32. The van der Waals surface area contributed by atoms with Gasteiger partial charge in [0.1, 0.15) is 0 Å².